The Morgan fingerprint density at radius 2 is 2.00 bits per heavy atom. The van der Waals surface area contributed by atoms with E-state index in [0.717, 1.165) is 40.5 Å². The molecule has 0 bridgehead atoms. The van der Waals surface area contributed by atoms with E-state index >= 15 is 0 Å². The molecule has 4 nitrogen and oxygen atoms in total. The van der Waals surface area contributed by atoms with Crippen LogP contribution >= 0.6 is 11.8 Å². The fraction of sp³-hybridized carbons (Fsp3) is 0.500. The van der Waals surface area contributed by atoms with Gasteiger partial charge in [-0.3, -0.25) is 4.39 Å². The molecule has 2 N–H and O–H groups in total. The number of hydrogen-bond donors (Lipinski definition) is 2. The summed E-state index contributed by atoms with van der Waals surface area (Å²) in [5.41, 5.74) is 1.93. The summed E-state index contributed by atoms with van der Waals surface area (Å²) in [6.45, 7) is 4.82. The number of halogens is 1. The van der Waals surface area contributed by atoms with Crippen molar-refractivity contribution in [2.24, 2.45) is 0 Å². The molecule has 6 heteroatoms. The number of benzene rings is 1. The highest BCUT2D eigenvalue weighted by atomic mass is 32.2. The SMILES string of the molecule is C/C=C\C(CNCCc1cc(OC)c(SCCF)cc1OC)=C(\O)CC. The van der Waals surface area contributed by atoms with E-state index in [0.29, 0.717) is 24.5 Å². The van der Waals surface area contributed by atoms with Crippen molar-refractivity contribution >= 4 is 11.8 Å². The first-order chi connectivity index (χ1) is 12.6. The van der Waals surface area contributed by atoms with Crippen LogP contribution in [-0.4, -0.2) is 44.8 Å². The monoisotopic (exact) mass is 383 g/mol. The van der Waals surface area contributed by atoms with Crippen molar-refractivity contribution in [2.75, 3.05) is 39.7 Å². The molecule has 0 fully saturated rings. The van der Waals surface area contributed by atoms with E-state index in [4.69, 9.17) is 9.47 Å². The Hall–Kier alpha value is -1.66. The largest absolute Gasteiger partial charge is 0.512 e. The number of methoxy groups -OCH3 is 2. The lowest BCUT2D eigenvalue weighted by Crippen LogP contribution is -2.20. The van der Waals surface area contributed by atoms with Crippen molar-refractivity contribution in [3.8, 4) is 11.5 Å². The number of ether oxygens (including phenoxy) is 2. The first-order valence-corrected chi connectivity index (χ1v) is 9.77. The topological polar surface area (TPSA) is 50.7 Å². The highest BCUT2D eigenvalue weighted by Crippen LogP contribution is 2.35. The van der Waals surface area contributed by atoms with Crippen molar-refractivity contribution < 1.29 is 19.0 Å². The molecule has 0 aromatic heterocycles. The lowest BCUT2D eigenvalue weighted by atomic mass is 10.1. The summed E-state index contributed by atoms with van der Waals surface area (Å²) in [6, 6.07) is 3.86. The van der Waals surface area contributed by atoms with Crippen molar-refractivity contribution in [1.82, 2.24) is 5.32 Å². The smallest absolute Gasteiger partial charge is 0.132 e. The molecular formula is C20H30FNO3S. The summed E-state index contributed by atoms with van der Waals surface area (Å²) in [6.07, 6.45) is 5.21. The second kappa shape index (κ2) is 12.7. The maximum absolute atomic E-state index is 12.5. The minimum absolute atomic E-state index is 0.380. The number of aliphatic hydroxyl groups excluding tert-OH is 1. The Balaban J connectivity index is 2.77. The standard InChI is InChI=1S/C20H30FNO3S/c1-5-7-16(17(23)6-2)14-22-10-8-15-12-19(25-4)20(26-11-9-21)13-18(15)24-3/h5,7,12-13,22-23H,6,8-11,14H2,1-4H3/b7-5-,17-16-. The lowest BCUT2D eigenvalue weighted by Gasteiger charge is -2.15. The highest BCUT2D eigenvalue weighted by molar-refractivity contribution is 7.99. The summed E-state index contributed by atoms with van der Waals surface area (Å²) in [4.78, 5) is 0.880. The van der Waals surface area contributed by atoms with Gasteiger partial charge in [-0.25, -0.2) is 0 Å². The first-order valence-electron chi connectivity index (χ1n) is 8.79. The van der Waals surface area contributed by atoms with Crippen molar-refractivity contribution in [3.05, 3.63) is 41.2 Å². The van der Waals surface area contributed by atoms with E-state index in [2.05, 4.69) is 5.32 Å². The molecule has 0 saturated heterocycles. The van der Waals surface area contributed by atoms with E-state index in [-0.39, 0.29) is 6.67 Å². The Morgan fingerprint density at radius 1 is 1.27 bits per heavy atom. The quantitative estimate of drug-likeness (QED) is 0.237. The van der Waals surface area contributed by atoms with Gasteiger partial charge in [-0.05, 0) is 37.6 Å². The van der Waals surface area contributed by atoms with Gasteiger partial charge in [-0.1, -0.05) is 19.1 Å². The fourth-order valence-corrected chi connectivity index (χ4v) is 3.29. The third-order valence-corrected chi connectivity index (χ3v) is 4.85. The Bertz CT molecular complexity index is 617. The number of rotatable bonds is 12. The van der Waals surface area contributed by atoms with Crippen LogP contribution in [0.1, 0.15) is 25.8 Å². The summed E-state index contributed by atoms with van der Waals surface area (Å²) in [7, 11) is 3.25. The van der Waals surface area contributed by atoms with Crippen LogP contribution in [0, 0.1) is 0 Å². The van der Waals surface area contributed by atoms with Crippen LogP contribution in [0.15, 0.2) is 40.5 Å². The minimum Gasteiger partial charge on any atom is -0.512 e. The Labute approximate surface area is 160 Å². The zero-order valence-electron chi connectivity index (χ0n) is 16.1. The molecular weight excluding hydrogens is 353 g/mol. The van der Waals surface area contributed by atoms with Gasteiger partial charge in [0, 0.05) is 24.3 Å². The van der Waals surface area contributed by atoms with Gasteiger partial charge in [-0.15, -0.1) is 11.8 Å². The minimum atomic E-state index is -0.380. The van der Waals surface area contributed by atoms with Gasteiger partial charge in [0.15, 0.2) is 0 Å². The summed E-state index contributed by atoms with van der Waals surface area (Å²) >= 11 is 1.42. The molecule has 0 radical (unpaired) electrons. The van der Waals surface area contributed by atoms with E-state index in [9.17, 15) is 9.50 Å². The number of aliphatic hydroxyl groups is 1. The third kappa shape index (κ3) is 6.92. The van der Waals surface area contributed by atoms with Gasteiger partial charge in [-0.2, -0.15) is 0 Å². The maximum atomic E-state index is 12.5. The van der Waals surface area contributed by atoms with Crippen LogP contribution in [0.5, 0.6) is 11.5 Å². The zero-order chi connectivity index (χ0) is 19.4. The molecule has 0 amide bonds. The summed E-state index contributed by atoms with van der Waals surface area (Å²) in [5, 5.41) is 13.3. The predicted molar refractivity (Wildman–Crippen MR) is 108 cm³/mol. The second-order valence-corrected chi connectivity index (χ2v) is 6.74. The van der Waals surface area contributed by atoms with Gasteiger partial charge < -0.3 is 19.9 Å². The maximum Gasteiger partial charge on any atom is 0.132 e. The zero-order valence-corrected chi connectivity index (χ0v) is 16.9. The van der Waals surface area contributed by atoms with Gasteiger partial charge in [0.05, 0.1) is 31.5 Å². The average Bonchev–Trinajstić information content (AvgIpc) is 2.67. The molecule has 26 heavy (non-hydrogen) atoms. The first kappa shape index (κ1) is 22.4. The molecule has 0 saturated carbocycles. The van der Waals surface area contributed by atoms with E-state index in [1.165, 1.54) is 11.8 Å². The van der Waals surface area contributed by atoms with Crippen molar-refractivity contribution in [2.45, 2.75) is 31.6 Å². The number of allylic oxidation sites excluding steroid dienone is 2. The lowest BCUT2D eigenvalue weighted by molar-refractivity contribution is 0.386. The molecule has 0 spiro atoms. The number of alkyl halides is 1. The number of hydrogen-bond acceptors (Lipinski definition) is 5. The molecule has 1 aromatic rings. The van der Waals surface area contributed by atoms with Crippen LogP contribution in [0.2, 0.25) is 0 Å². The summed E-state index contributed by atoms with van der Waals surface area (Å²) in [5.74, 6) is 2.30. The third-order valence-electron chi connectivity index (χ3n) is 3.86. The van der Waals surface area contributed by atoms with Crippen LogP contribution in [0.3, 0.4) is 0 Å². The number of thioether (sulfide) groups is 1. The highest BCUT2D eigenvalue weighted by Gasteiger charge is 2.12. The normalized spacial score (nSPS) is 12.3. The van der Waals surface area contributed by atoms with Crippen molar-refractivity contribution in [1.29, 1.82) is 0 Å². The Morgan fingerprint density at radius 3 is 2.58 bits per heavy atom. The van der Waals surface area contributed by atoms with Gasteiger partial charge in [0.2, 0.25) is 0 Å². The molecule has 1 rings (SSSR count). The molecule has 0 aliphatic rings. The van der Waals surface area contributed by atoms with Gasteiger partial charge >= 0.3 is 0 Å². The fourth-order valence-electron chi connectivity index (χ4n) is 2.52. The Kier molecular flexibility index (Phi) is 10.9. The molecule has 146 valence electrons. The van der Waals surface area contributed by atoms with Crippen LogP contribution in [-0.2, 0) is 6.42 Å². The van der Waals surface area contributed by atoms with Crippen LogP contribution in [0.4, 0.5) is 4.39 Å². The van der Waals surface area contributed by atoms with Crippen molar-refractivity contribution in [3.63, 3.8) is 0 Å². The predicted octanol–water partition coefficient (Wildman–Crippen LogP) is 4.70. The average molecular weight is 384 g/mol. The molecule has 1 aromatic carbocycles. The molecule has 0 heterocycles. The van der Waals surface area contributed by atoms with Gasteiger partial charge in [0.1, 0.15) is 11.5 Å². The summed E-state index contributed by atoms with van der Waals surface area (Å²) < 4.78 is 23.4. The molecule has 0 aliphatic carbocycles. The molecule has 0 atom stereocenters. The second-order valence-electron chi connectivity index (χ2n) is 5.60. The van der Waals surface area contributed by atoms with Gasteiger partial charge in [0.25, 0.3) is 0 Å². The number of nitrogens with one attached hydrogen (secondary N) is 1. The van der Waals surface area contributed by atoms with E-state index < -0.39 is 0 Å². The van der Waals surface area contributed by atoms with Crippen LogP contribution < -0.4 is 14.8 Å². The van der Waals surface area contributed by atoms with Crippen LogP contribution in [0.25, 0.3) is 0 Å². The van der Waals surface area contributed by atoms with E-state index in [1.807, 2.05) is 38.1 Å². The molecule has 0 unspecified atom stereocenters. The van der Waals surface area contributed by atoms with E-state index in [1.54, 1.807) is 14.2 Å². The molecule has 0 aliphatic heterocycles.